The van der Waals surface area contributed by atoms with Crippen molar-refractivity contribution >= 4 is 5.91 Å². The predicted octanol–water partition coefficient (Wildman–Crippen LogP) is 2.00. The highest BCUT2D eigenvalue weighted by Gasteiger charge is 2.24. The molecule has 1 aromatic carbocycles. The summed E-state index contributed by atoms with van der Waals surface area (Å²) in [5.41, 5.74) is 1.24. The number of aromatic hydroxyl groups is 1. The summed E-state index contributed by atoms with van der Waals surface area (Å²) < 4.78 is 5.52. The van der Waals surface area contributed by atoms with Crippen molar-refractivity contribution in [2.45, 2.75) is 38.8 Å². The van der Waals surface area contributed by atoms with Gasteiger partial charge in [0.1, 0.15) is 5.75 Å². The Morgan fingerprint density at radius 1 is 1.56 bits per heavy atom. The zero-order chi connectivity index (χ0) is 13.1. The molecule has 2 atom stereocenters. The van der Waals surface area contributed by atoms with Gasteiger partial charge in [-0.15, -0.1) is 0 Å². The molecular weight excluding hydrogens is 230 g/mol. The van der Waals surface area contributed by atoms with Crippen LogP contribution >= 0.6 is 0 Å². The molecule has 1 amide bonds. The second kappa shape index (κ2) is 5.40. The summed E-state index contributed by atoms with van der Waals surface area (Å²) in [5, 5.41) is 12.6. The molecule has 1 saturated heterocycles. The fourth-order valence-electron chi connectivity index (χ4n) is 2.21. The minimum absolute atomic E-state index is 0.0204. The van der Waals surface area contributed by atoms with Crippen LogP contribution in [0, 0.1) is 6.92 Å². The molecule has 0 bridgehead atoms. The molecule has 0 aliphatic carbocycles. The van der Waals surface area contributed by atoms with Crippen molar-refractivity contribution in [2.75, 3.05) is 6.61 Å². The van der Waals surface area contributed by atoms with Gasteiger partial charge in [0.2, 0.25) is 0 Å². The quantitative estimate of drug-likeness (QED) is 0.861. The molecule has 0 radical (unpaired) electrons. The van der Waals surface area contributed by atoms with Gasteiger partial charge in [0.15, 0.2) is 0 Å². The average Bonchev–Trinajstić information content (AvgIpc) is 2.81. The fourth-order valence-corrected chi connectivity index (χ4v) is 2.21. The maximum absolute atomic E-state index is 12.0. The van der Waals surface area contributed by atoms with E-state index in [2.05, 4.69) is 5.32 Å². The fraction of sp³-hybridized carbons (Fsp3) is 0.500. The van der Waals surface area contributed by atoms with Crippen LogP contribution in [0.5, 0.6) is 5.75 Å². The largest absolute Gasteiger partial charge is 0.507 e. The molecule has 0 saturated carbocycles. The number of carbonyl (C=O) groups excluding carboxylic acids is 1. The third-order valence-electron chi connectivity index (χ3n) is 3.28. The van der Waals surface area contributed by atoms with Crippen LogP contribution in [-0.2, 0) is 4.74 Å². The number of phenolic OH excluding ortho intramolecular Hbond substituents is 1. The Labute approximate surface area is 107 Å². The predicted molar refractivity (Wildman–Crippen MR) is 68.7 cm³/mol. The number of aryl methyl sites for hydroxylation is 1. The molecule has 98 valence electrons. The van der Waals surface area contributed by atoms with E-state index in [9.17, 15) is 9.90 Å². The molecule has 18 heavy (non-hydrogen) atoms. The minimum Gasteiger partial charge on any atom is -0.507 e. The number of carbonyl (C=O) groups is 1. The lowest BCUT2D eigenvalue weighted by Gasteiger charge is -2.20. The zero-order valence-corrected chi connectivity index (χ0v) is 10.8. The summed E-state index contributed by atoms with van der Waals surface area (Å²) in [6.07, 6.45) is 2.10. The number of ether oxygens (including phenoxy) is 1. The Kier molecular flexibility index (Phi) is 3.87. The van der Waals surface area contributed by atoms with Crippen molar-refractivity contribution in [3.05, 3.63) is 29.3 Å². The first kappa shape index (κ1) is 12.9. The molecule has 0 aromatic heterocycles. The van der Waals surface area contributed by atoms with Crippen LogP contribution in [0.25, 0.3) is 0 Å². The summed E-state index contributed by atoms with van der Waals surface area (Å²) in [4.78, 5) is 12.0. The van der Waals surface area contributed by atoms with Crippen molar-refractivity contribution in [1.29, 1.82) is 0 Å². The zero-order valence-electron chi connectivity index (χ0n) is 10.8. The maximum Gasteiger partial charge on any atom is 0.255 e. The molecular formula is C14H19NO3. The second-order valence-electron chi connectivity index (χ2n) is 4.83. The van der Waals surface area contributed by atoms with Gasteiger partial charge in [-0.05, 0) is 44.4 Å². The number of benzene rings is 1. The van der Waals surface area contributed by atoms with Crippen LogP contribution < -0.4 is 5.32 Å². The second-order valence-corrected chi connectivity index (χ2v) is 4.83. The van der Waals surface area contributed by atoms with Crippen LogP contribution in [0.1, 0.15) is 35.7 Å². The van der Waals surface area contributed by atoms with Crippen LogP contribution in [0.4, 0.5) is 0 Å². The van der Waals surface area contributed by atoms with Crippen molar-refractivity contribution in [1.82, 2.24) is 5.32 Å². The SMILES string of the molecule is Cc1ccc(C(=O)NC(C)C2CCCO2)c(O)c1. The molecule has 1 aliphatic heterocycles. The van der Waals surface area contributed by atoms with Crippen molar-refractivity contribution in [3.8, 4) is 5.75 Å². The molecule has 0 spiro atoms. The standard InChI is InChI=1S/C14H19NO3/c1-9-5-6-11(12(16)8-9)14(17)15-10(2)13-4-3-7-18-13/h5-6,8,10,13,16H,3-4,7H2,1-2H3,(H,15,17). The summed E-state index contributed by atoms with van der Waals surface area (Å²) >= 11 is 0. The molecule has 2 rings (SSSR count). The smallest absolute Gasteiger partial charge is 0.255 e. The van der Waals surface area contributed by atoms with E-state index < -0.39 is 0 Å². The first-order valence-electron chi connectivity index (χ1n) is 6.30. The number of hydrogen-bond donors (Lipinski definition) is 2. The number of rotatable bonds is 3. The topological polar surface area (TPSA) is 58.6 Å². The van der Waals surface area contributed by atoms with E-state index in [4.69, 9.17) is 4.74 Å². The lowest BCUT2D eigenvalue weighted by atomic mass is 10.1. The van der Waals surface area contributed by atoms with Crippen LogP contribution in [0.15, 0.2) is 18.2 Å². The van der Waals surface area contributed by atoms with E-state index in [1.54, 1.807) is 12.1 Å². The van der Waals surface area contributed by atoms with Gasteiger partial charge < -0.3 is 15.2 Å². The lowest BCUT2D eigenvalue weighted by molar-refractivity contribution is 0.0711. The highest BCUT2D eigenvalue weighted by molar-refractivity contribution is 5.97. The van der Waals surface area contributed by atoms with Crippen LogP contribution in [0.3, 0.4) is 0 Å². The number of hydrogen-bond acceptors (Lipinski definition) is 3. The molecule has 2 unspecified atom stereocenters. The van der Waals surface area contributed by atoms with E-state index >= 15 is 0 Å². The van der Waals surface area contributed by atoms with E-state index in [1.807, 2.05) is 19.9 Å². The summed E-state index contributed by atoms with van der Waals surface area (Å²) in [6.45, 7) is 4.57. The van der Waals surface area contributed by atoms with Gasteiger partial charge in [-0.2, -0.15) is 0 Å². The first-order valence-corrected chi connectivity index (χ1v) is 6.30. The highest BCUT2D eigenvalue weighted by atomic mass is 16.5. The van der Waals surface area contributed by atoms with E-state index in [0.717, 1.165) is 25.0 Å². The van der Waals surface area contributed by atoms with Crippen molar-refractivity contribution in [2.24, 2.45) is 0 Å². The summed E-state index contributed by atoms with van der Waals surface area (Å²) in [5.74, 6) is -0.234. The first-order chi connectivity index (χ1) is 8.58. The van der Waals surface area contributed by atoms with E-state index in [1.165, 1.54) is 0 Å². The Hall–Kier alpha value is -1.55. The summed E-state index contributed by atoms with van der Waals surface area (Å²) in [6, 6.07) is 5.00. The molecule has 1 heterocycles. The minimum atomic E-state index is -0.254. The third kappa shape index (κ3) is 2.82. The maximum atomic E-state index is 12.0. The van der Waals surface area contributed by atoms with Crippen molar-refractivity contribution in [3.63, 3.8) is 0 Å². The van der Waals surface area contributed by atoms with Gasteiger partial charge in [-0.1, -0.05) is 6.07 Å². The normalized spacial score (nSPS) is 20.7. The van der Waals surface area contributed by atoms with Gasteiger partial charge in [0, 0.05) is 6.61 Å². The van der Waals surface area contributed by atoms with Crippen LogP contribution in [0.2, 0.25) is 0 Å². The summed E-state index contributed by atoms with van der Waals surface area (Å²) in [7, 11) is 0. The number of nitrogens with one attached hydrogen (secondary N) is 1. The monoisotopic (exact) mass is 249 g/mol. The molecule has 1 aliphatic rings. The van der Waals surface area contributed by atoms with Gasteiger partial charge >= 0.3 is 0 Å². The van der Waals surface area contributed by atoms with E-state index in [0.29, 0.717) is 5.56 Å². The lowest BCUT2D eigenvalue weighted by Crippen LogP contribution is -2.40. The van der Waals surface area contributed by atoms with Gasteiger partial charge in [-0.3, -0.25) is 4.79 Å². The van der Waals surface area contributed by atoms with Gasteiger partial charge in [-0.25, -0.2) is 0 Å². The Morgan fingerprint density at radius 3 is 2.94 bits per heavy atom. The third-order valence-corrected chi connectivity index (χ3v) is 3.28. The number of phenols is 1. The van der Waals surface area contributed by atoms with Crippen LogP contribution in [-0.4, -0.2) is 29.8 Å². The molecule has 1 fully saturated rings. The highest BCUT2D eigenvalue weighted by Crippen LogP contribution is 2.20. The van der Waals surface area contributed by atoms with E-state index in [-0.39, 0.29) is 23.8 Å². The number of amides is 1. The average molecular weight is 249 g/mol. The molecule has 2 N–H and O–H groups in total. The van der Waals surface area contributed by atoms with Gasteiger partial charge in [0.05, 0.1) is 17.7 Å². The van der Waals surface area contributed by atoms with Crippen molar-refractivity contribution < 1.29 is 14.6 Å². The molecule has 4 nitrogen and oxygen atoms in total. The Morgan fingerprint density at radius 2 is 2.33 bits per heavy atom. The molecule has 4 heteroatoms. The Balaban J connectivity index is 2.02. The van der Waals surface area contributed by atoms with Gasteiger partial charge in [0.25, 0.3) is 5.91 Å². The Bertz CT molecular complexity index is 439. The molecule has 1 aromatic rings.